The molecule has 0 bridgehead atoms. The molecule has 0 aliphatic rings. The minimum Gasteiger partial charge on any atom is -0.354 e. The predicted molar refractivity (Wildman–Crippen MR) is 109 cm³/mol. The minimum atomic E-state index is 0. The van der Waals surface area contributed by atoms with E-state index in [0.717, 1.165) is 23.8 Å². The van der Waals surface area contributed by atoms with Crippen LogP contribution in [0.2, 0.25) is 0 Å². The average Bonchev–Trinajstić information content (AvgIpc) is 2.78. The molecule has 132 valence electrons. The molecule has 1 unspecified atom stereocenters. The molecule has 6 nitrogen and oxygen atoms in total. The van der Waals surface area contributed by atoms with Gasteiger partial charge in [0.1, 0.15) is 0 Å². The first-order valence-corrected chi connectivity index (χ1v) is 7.87. The summed E-state index contributed by atoms with van der Waals surface area (Å²) in [6.45, 7) is 6.97. The molecule has 0 radical (unpaired) electrons. The summed E-state index contributed by atoms with van der Waals surface area (Å²) in [5.41, 5.74) is 4.59. The van der Waals surface area contributed by atoms with Gasteiger partial charge in [0.25, 0.3) is 0 Å². The molecule has 0 saturated carbocycles. The highest BCUT2D eigenvalue weighted by Crippen LogP contribution is 2.14. The van der Waals surface area contributed by atoms with Gasteiger partial charge in [-0.1, -0.05) is 6.07 Å². The van der Waals surface area contributed by atoms with Crippen molar-refractivity contribution in [2.24, 2.45) is 12.0 Å². The maximum absolute atomic E-state index is 4.47. The molecular weight excluding hydrogens is 415 g/mol. The minimum absolute atomic E-state index is 0. The molecule has 0 aromatic carbocycles. The average molecular weight is 442 g/mol. The van der Waals surface area contributed by atoms with Crippen LogP contribution in [0.25, 0.3) is 0 Å². The Kier molecular flexibility index (Phi) is 8.17. The lowest BCUT2D eigenvalue weighted by atomic mass is 10.1. The fourth-order valence-electron chi connectivity index (χ4n) is 2.58. The summed E-state index contributed by atoms with van der Waals surface area (Å²) in [7, 11) is 3.76. The maximum Gasteiger partial charge on any atom is 0.191 e. The number of guanidine groups is 1. The smallest absolute Gasteiger partial charge is 0.191 e. The summed E-state index contributed by atoms with van der Waals surface area (Å²) in [4.78, 5) is 8.58. The molecule has 24 heavy (non-hydrogen) atoms. The summed E-state index contributed by atoms with van der Waals surface area (Å²) in [5.74, 6) is 0.780. The molecule has 2 heterocycles. The zero-order valence-corrected chi connectivity index (χ0v) is 17.3. The van der Waals surface area contributed by atoms with Gasteiger partial charge in [0.2, 0.25) is 0 Å². The molecule has 1 atom stereocenters. The van der Waals surface area contributed by atoms with E-state index < -0.39 is 0 Å². The fourth-order valence-corrected chi connectivity index (χ4v) is 2.58. The van der Waals surface area contributed by atoms with Crippen molar-refractivity contribution in [2.75, 3.05) is 7.05 Å². The van der Waals surface area contributed by atoms with Gasteiger partial charge in [-0.3, -0.25) is 14.7 Å². The van der Waals surface area contributed by atoms with Crippen molar-refractivity contribution in [3.05, 3.63) is 47.0 Å². The third-order valence-electron chi connectivity index (χ3n) is 3.94. The van der Waals surface area contributed by atoms with Crippen molar-refractivity contribution in [1.82, 2.24) is 25.4 Å². The largest absolute Gasteiger partial charge is 0.354 e. The van der Waals surface area contributed by atoms with Crippen molar-refractivity contribution in [2.45, 2.75) is 39.8 Å². The Labute approximate surface area is 161 Å². The number of aliphatic imine (C=N–C) groups is 1. The van der Waals surface area contributed by atoms with E-state index >= 15 is 0 Å². The van der Waals surface area contributed by atoms with Crippen LogP contribution < -0.4 is 10.6 Å². The van der Waals surface area contributed by atoms with Crippen molar-refractivity contribution in [1.29, 1.82) is 0 Å². The van der Waals surface area contributed by atoms with Crippen molar-refractivity contribution < 1.29 is 0 Å². The molecule has 2 N–H and O–H groups in total. The molecule has 0 saturated heterocycles. The Morgan fingerprint density at radius 1 is 1.33 bits per heavy atom. The second kappa shape index (κ2) is 9.61. The third kappa shape index (κ3) is 5.47. The van der Waals surface area contributed by atoms with Crippen LogP contribution in [-0.2, 0) is 20.0 Å². The van der Waals surface area contributed by atoms with E-state index in [-0.39, 0.29) is 30.0 Å². The van der Waals surface area contributed by atoms with Crippen LogP contribution in [0.5, 0.6) is 0 Å². The zero-order chi connectivity index (χ0) is 16.8. The zero-order valence-electron chi connectivity index (χ0n) is 15.0. The molecule has 0 aliphatic carbocycles. The van der Waals surface area contributed by atoms with E-state index in [2.05, 4.69) is 46.5 Å². The van der Waals surface area contributed by atoms with Gasteiger partial charge in [-0.25, -0.2) is 0 Å². The standard InChI is InChI=1S/C17H26N6.HI/c1-12(10-16-13(2)22-23(5)14(16)3)21-17(18-4)20-11-15-8-6-7-9-19-15;/h6-9,12H,10-11H2,1-5H3,(H2,18,20,21);1H. The van der Waals surface area contributed by atoms with Gasteiger partial charge >= 0.3 is 0 Å². The summed E-state index contributed by atoms with van der Waals surface area (Å²) < 4.78 is 1.94. The van der Waals surface area contributed by atoms with E-state index in [1.165, 1.54) is 11.3 Å². The van der Waals surface area contributed by atoms with Crippen LogP contribution in [0.3, 0.4) is 0 Å². The number of nitrogens with one attached hydrogen (secondary N) is 2. The number of aromatic nitrogens is 3. The third-order valence-corrected chi connectivity index (χ3v) is 3.94. The van der Waals surface area contributed by atoms with Gasteiger partial charge in [-0.05, 0) is 44.9 Å². The Balaban J connectivity index is 0.00000288. The van der Waals surface area contributed by atoms with Crippen LogP contribution in [-0.4, -0.2) is 33.8 Å². The number of hydrogen-bond acceptors (Lipinski definition) is 3. The van der Waals surface area contributed by atoms with Gasteiger partial charge in [-0.15, -0.1) is 24.0 Å². The van der Waals surface area contributed by atoms with Gasteiger partial charge in [-0.2, -0.15) is 5.10 Å². The lowest BCUT2D eigenvalue weighted by molar-refractivity contribution is 0.634. The van der Waals surface area contributed by atoms with E-state index in [0.29, 0.717) is 6.54 Å². The predicted octanol–water partition coefficient (Wildman–Crippen LogP) is 2.35. The van der Waals surface area contributed by atoms with Crippen molar-refractivity contribution in [3.63, 3.8) is 0 Å². The van der Waals surface area contributed by atoms with Crippen LogP contribution in [0.4, 0.5) is 0 Å². The van der Waals surface area contributed by atoms with Crippen LogP contribution in [0, 0.1) is 13.8 Å². The quantitative estimate of drug-likeness (QED) is 0.424. The normalized spacial score (nSPS) is 12.5. The topological polar surface area (TPSA) is 67.1 Å². The first-order chi connectivity index (χ1) is 11.0. The summed E-state index contributed by atoms with van der Waals surface area (Å²) in [5, 5.41) is 11.2. The number of hydrogen-bond donors (Lipinski definition) is 2. The highest BCUT2D eigenvalue weighted by atomic mass is 127. The second-order valence-corrected chi connectivity index (χ2v) is 5.77. The molecule has 0 fully saturated rings. The number of halogens is 1. The van der Waals surface area contributed by atoms with Gasteiger partial charge in [0, 0.05) is 32.0 Å². The van der Waals surface area contributed by atoms with Crippen LogP contribution in [0.1, 0.15) is 29.6 Å². The van der Waals surface area contributed by atoms with E-state index in [4.69, 9.17) is 0 Å². The van der Waals surface area contributed by atoms with Gasteiger partial charge < -0.3 is 10.6 Å². The fraction of sp³-hybridized carbons (Fsp3) is 0.471. The number of nitrogens with zero attached hydrogens (tertiary/aromatic N) is 4. The molecule has 2 aromatic heterocycles. The van der Waals surface area contributed by atoms with E-state index in [1.807, 2.05) is 29.9 Å². The van der Waals surface area contributed by atoms with Crippen LogP contribution >= 0.6 is 24.0 Å². The molecule has 0 aliphatic heterocycles. The van der Waals surface area contributed by atoms with Gasteiger partial charge in [0.05, 0.1) is 17.9 Å². The van der Waals surface area contributed by atoms with Crippen LogP contribution in [0.15, 0.2) is 29.4 Å². The van der Waals surface area contributed by atoms with E-state index in [1.54, 1.807) is 13.2 Å². The van der Waals surface area contributed by atoms with E-state index in [9.17, 15) is 0 Å². The molecular formula is C17H27IN6. The molecule has 2 aromatic rings. The van der Waals surface area contributed by atoms with Gasteiger partial charge in [0.15, 0.2) is 5.96 Å². The summed E-state index contributed by atoms with van der Waals surface area (Å²) in [6.07, 6.45) is 2.71. The first-order valence-electron chi connectivity index (χ1n) is 7.87. The maximum atomic E-state index is 4.47. The monoisotopic (exact) mass is 442 g/mol. The highest BCUT2D eigenvalue weighted by molar-refractivity contribution is 14.0. The number of rotatable bonds is 5. The first kappa shape index (κ1) is 20.4. The molecule has 0 spiro atoms. The SMILES string of the molecule is CN=C(NCc1ccccn1)NC(C)Cc1c(C)nn(C)c1C.I. The Morgan fingerprint density at radius 3 is 2.62 bits per heavy atom. The second-order valence-electron chi connectivity index (χ2n) is 5.77. The lowest BCUT2D eigenvalue weighted by Gasteiger charge is -2.18. The van der Waals surface area contributed by atoms with Crippen molar-refractivity contribution >= 4 is 29.9 Å². The Bertz CT molecular complexity index is 665. The summed E-state index contributed by atoms with van der Waals surface area (Å²) in [6, 6.07) is 6.14. The number of aryl methyl sites for hydroxylation is 2. The van der Waals surface area contributed by atoms with Crippen molar-refractivity contribution in [3.8, 4) is 0 Å². The Morgan fingerprint density at radius 2 is 2.08 bits per heavy atom. The Hall–Kier alpha value is -1.64. The summed E-state index contributed by atoms with van der Waals surface area (Å²) >= 11 is 0. The lowest BCUT2D eigenvalue weighted by Crippen LogP contribution is -2.42. The molecule has 2 rings (SSSR count). The molecule has 0 amide bonds. The highest BCUT2D eigenvalue weighted by Gasteiger charge is 2.13. The molecule has 7 heteroatoms. The number of pyridine rings is 1.